The predicted molar refractivity (Wildman–Crippen MR) is 103 cm³/mol. The molecule has 1 N–H and O–H groups in total. The summed E-state index contributed by atoms with van der Waals surface area (Å²) in [5.74, 6) is -0.0774. The van der Waals surface area contributed by atoms with Gasteiger partial charge in [-0.1, -0.05) is 13.8 Å². The normalized spacial score (nSPS) is 17.2. The third-order valence-electron chi connectivity index (χ3n) is 4.59. The van der Waals surface area contributed by atoms with Crippen LogP contribution in [0.4, 0.5) is 5.69 Å². The van der Waals surface area contributed by atoms with Gasteiger partial charge in [-0.3, -0.25) is 4.79 Å². The van der Waals surface area contributed by atoms with Gasteiger partial charge in [-0.05, 0) is 60.1 Å². The summed E-state index contributed by atoms with van der Waals surface area (Å²) in [5, 5.41) is 0. The Labute approximate surface area is 158 Å². The van der Waals surface area contributed by atoms with Crippen molar-refractivity contribution < 1.29 is 13.2 Å². The van der Waals surface area contributed by atoms with Crippen LogP contribution in [-0.2, 0) is 21.2 Å². The molecule has 0 spiro atoms. The SMILES string of the molecule is CCN(CC)CCNS(=O)(=O)c1cc2c(cc1Br)C[C@@H](C)N2C(C)=O. The maximum absolute atomic E-state index is 12.7. The first-order valence-corrected chi connectivity index (χ1v) is 10.8. The predicted octanol–water partition coefficient (Wildman–Crippen LogP) is 2.37. The van der Waals surface area contributed by atoms with Crippen LogP contribution in [0.15, 0.2) is 21.5 Å². The van der Waals surface area contributed by atoms with Crippen LogP contribution in [0, 0.1) is 0 Å². The Morgan fingerprint density at radius 1 is 1.36 bits per heavy atom. The molecular formula is C17H26BrN3O3S. The van der Waals surface area contributed by atoms with E-state index in [1.165, 1.54) is 6.92 Å². The lowest BCUT2D eigenvalue weighted by Gasteiger charge is -2.21. The van der Waals surface area contributed by atoms with Crippen LogP contribution in [-0.4, -0.2) is 51.4 Å². The molecule has 0 fully saturated rings. The molecule has 1 aliphatic heterocycles. The minimum atomic E-state index is -3.65. The zero-order chi connectivity index (χ0) is 18.8. The highest BCUT2D eigenvalue weighted by Crippen LogP contribution is 2.37. The lowest BCUT2D eigenvalue weighted by molar-refractivity contribution is -0.116. The molecule has 0 aliphatic carbocycles. The van der Waals surface area contributed by atoms with Gasteiger partial charge in [0.1, 0.15) is 0 Å². The van der Waals surface area contributed by atoms with Crippen LogP contribution in [0.5, 0.6) is 0 Å². The van der Waals surface area contributed by atoms with Crippen molar-refractivity contribution in [2.24, 2.45) is 0 Å². The molecule has 1 aromatic carbocycles. The average Bonchev–Trinajstić information content (AvgIpc) is 2.85. The summed E-state index contributed by atoms with van der Waals surface area (Å²) in [6, 6.07) is 3.45. The fourth-order valence-corrected chi connectivity index (χ4v) is 5.39. The number of rotatable bonds is 7. The molecule has 6 nitrogen and oxygen atoms in total. The third-order valence-corrected chi connectivity index (χ3v) is 7.01. The number of carbonyl (C=O) groups excluding carboxylic acids is 1. The van der Waals surface area contributed by atoms with Gasteiger partial charge >= 0.3 is 0 Å². The third kappa shape index (κ3) is 4.42. The number of halogens is 1. The van der Waals surface area contributed by atoms with Gasteiger partial charge in [-0.15, -0.1) is 0 Å². The maximum atomic E-state index is 12.7. The monoisotopic (exact) mass is 431 g/mol. The summed E-state index contributed by atoms with van der Waals surface area (Å²) in [6.07, 6.45) is 0.725. The van der Waals surface area contributed by atoms with Gasteiger partial charge in [0.2, 0.25) is 15.9 Å². The first kappa shape index (κ1) is 20.4. The van der Waals surface area contributed by atoms with E-state index >= 15 is 0 Å². The van der Waals surface area contributed by atoms with Gasteiger partial charge in [0, 0.05) is 36.2 Å². The molecule has 0 saturated heterocycles. The second kappa shape index (κ2) is 8.16. The maximum Gasteiger partial charge on any atom is 0.241 e. The molecule has 0 radical (unpaired) electrons. The van der Waals surface area contributed by atoms with E-state index in [2.05, 4.69) is 25.6 Å². The molecule has 1 aromatic rings. The van der Waals surface area contributed by atoms with Crippen molar-refractivity contribution in [1.82, 2.24) is 9.62 Å². The average molecular weight is 432 g/mol. The van der Waals surface area contributed by atoms with E-state index in [0.29, 0.717) is 23.2 Å². The molecule has 0 bridgehead atoms. The number of nitrogens with one attached hydrogen (secondary N) is 1. The number of sulfonamides is 1. The van der Waals surface area contributed by atoms with E-state index < -0.39 is 10.0 Å². The van der Waals surface area contributed by atoms with Crippen molar-refractivity contribution in [3.8, 4) is 0 Å². The molecule has 8 heteroatoms. The highest BCUT2D eigenvalue weighted by atomic mass is 79.9. The number of likely N-dealkylation sites (N-methyl/N-ethyl adjacent to an activating group) is 1. The summed E-state index contributed by atoms with van der Waals surface area (Å²) in [5.41, 5.74) is 1.67. The number of anilines is 1. The zero-order valence-corrected chi connectivity index (χ0v) is 17.6. The Kier molecular flexibility index (Phi) is 6.64. The number of hydrogen-bond donors (Lipinski definition) is 1. The van der Waals surface area contributed by atoms with Gasteiger partial charge in [0.25, 0.3) is 0 Å². The molecule has 1 heterocycles. The lowest BCUT2D eigenvalue weighted by atomic mass is 10.1. The molecule has 2 rings (SSSR count). The van der Waals surface area contributed by atoms with E-state index in [1.54, 1.807) is 11.0 Å². The van der Waals surface area contributed by atoms with Crippen molar-refractivity contribution >= 4 is 37.5 Å². The fourth-order valence-electron chi connectivity index (χ4n) is 3.26. The summed E-state index contributed by atoms with van der Waals surface area (Å²) < 4.78 is 28.6. The van der Waals surface area contributed by atoms with E-state index in [9.17, 15) is 13.2 Å². The lowest BCUT2D eigenvalue weighted by Crippen LogP contribution is -2.35. The van der Waals surface area contributed by atoms with Crippen molar-refractivity contribution in [2.75, 3.05) is 31.1 Å². The molecule has 1 aliphatic rings. The number of carbonyl (C=O) groups is 1. The molecule has 1 amide bonds. The van der Waals surface area contributed by atoms with Crippen molar-refractivity contribution in [3.63, 3.8) is 0 Å². The van der Waals surface area contributed by atoms with Gasteiger partial charge in [0.05, 0.1) is 4.90 Å². The smallest absolute Gasteiger partial charge is 0.241 e. The van der Waals surface area contributed by atoms with Crippen LogP contribution in [0.1, 0.15) is 33.3 Å². The second-order valence-corrected chi connectivity index (χ2v) is 8.87. The first-order valence-electron chi connectivity index (χ1n) is 8.55. The molecule has 25 heavy (non-hydrogen) atoms. The van der Waals surface area contributed by atoms with Crippen molar-refractivity contribution in [1.29, 1.82) is 0 Å². The molecule has 0 aromatic heterocycles. The number of nitrogens with zero attached hydrogens (tertiary/aromatic N) is 2. The summed E-state index contributed by atoms with van der Waals surface area (Å²) in [4.78, 5) is 15.9. The minimum absolute atomic E-state index is 0.0352. The van der Waals surface area contributed by atoms with Crippen LogP contribution in [0.2, 0.25) is 0 Å². The van der Waals surface area contributed by atoms with Crippen molar-refractivity contribution in [2.45, 2.75) is 45.1 Å². The summed E-state index contributed by atoms with van der Waals surface area (Å²) in [6.45, 7) is 10.3. The Hall–Kier alpha value is -0.960. The van der Waals surface area contributed by atoms with Gasteiger partial charge in [0.15, 0.2) is 0 Å². The van der Waals surface area contributed by atoms with Gasteiger partial charge in [-0.2, -0.15) is 0 Å². The molecule has 1 atom stereocenters. The van der Waals surface area contributed by atoms with Gasteiger partial charge < -0.3 is 9.80 Å². The molecular weight excluding hydrogens is 406 g/mol. The molecule has 0 saturated carbocycles. The van der Waals surface area contributed by atoms with Crippen LogP contribution >= 0.6 is 15.9 Å². The minimum Gasteiger partial charge on any atom is -0.309 e. The number of hydrogen-bond acceptors (Lipinski definition) is 4. The van der Waals surface area contributed by atoms with Crippen molar-refractivity contribution in [3.05, 3.63) is 22.2 Å². The Morgan fingerprint density at radius 3 is 2.56 bits per heavy atom. The fraction of sp³-hybridized carbons (Fsp3) is 0.588. The summed E-state index contributed by atoms with van der Waals surface area (Å²) >= 11 is 3.38. The highest BCUT2D eigenvalue weighted by Gasteiger charge is 2.31. The number of benzene rings is 1. The topological polar surface area (TPSA) is 69.7 Å². The van der Waals surface area contributed by atoms with Crippen LogP contribution < -0.4 is 9.62 Å². The largest absolute Gasteiger partial charge is 0.309 e. The summed E-state index contributed by atoms with van der Waals surface area (Å²) in [7, 11) is -3.65. The van der Waals surface area contributed by atoms with E-state index in [1.807, 2.05) is 26.8 Å². The Balaban J connectivity index is 2.26. The zero-order valence-electron chi connectivity index (χ0n) is 15.2. The standard InChI is InChI=1S/C17H26BrN3O3S/c1-5-20(6-2)8-7-19-25(23,24)17-11-16-14(10-15(17)18)9-12(3)21(16)13(4)22/h10-12,19H,5-9H2,1-4H3/t12-/m1/s1. The Bertz CT molecular complexity index is 748. The first-order chi connectivity index (χ1) is 11.7. The van der Waals surface area contributed by atoms with Gasteiger partial charge in [-0.25, -0.2) is 13.1 Å². The van der Waals surface area contributed by atoms with Crippen LogP contribution in [0.25, 0.3) is 0 Å². The van der Waals surface area contributed by atoms with E-state index in [4.69, 9.17) is 0 Å². The quantitative estimate of drug-likeness (QED) is 0.719. The van der Waals surface area contributed by atoms with E-state index in [-0.39, 0.29) is 16.8 Å². The second-order valence-electron chi connectivity index (χ2n) is 6.28. The molecule has 0 unspecified atom stereocenters. The molecule has 140 valence electrons. The Morgan fingerprint density at radius 2 is 2.00 bits per heavy atom. The number of fused-ring (bicyclic) bond motifs is 1. The highest BCUT2D eigenvalue weighted by molar-refractivity contribution is 9.10. The van der Waals surface area contributed by atoms with Crippen LogP contribution in [0.3, 0.4) is 0 Å². The number of amides is 1. The van der Waals surface area contributed by atoms with E-state index in [0.717, 1.165) is 25.1 Å².